The number of hydrogen-bond acceptors (Lipinski definition) is 5. The predicted octanol–water partition coefficient (Wildman–Crippen LogP) is 1.52. The van der Waals surface area contributed by atoms with E-state index < -0.39 is 11.1 Å². The van der Waals surface area contributed by atoms with Crippen molar-refractivity contribution in [2.45, 2.75) is 44.8 Å². The zero-order chi connectivity index (χ0) is 15.2. The lowest BCUT2D eigenvalue weighted by Crippen LogP contribution is -2.58. The first-order valence-corrected chi connectivity index (χ1v) is 6.95. The van der Waals surface area contributed by atoms with Gasteiger partial charge < -0.3 is 14.4 Å². The van der Waals surface area contributed by atoms with Gasteiger partial charge in [-0.3, -0.25) is 5.32 Å². The van der Waals surface area contributed by atoms with Crippen LogP contribution in [-0.2, 0) is 9.47 Å². The molecule has 1 atom stereocenters. The summed E-state index contributed by atoms with van der Waals surface area (Å²) in [5, 5.41) is 12.6. The van der Waals surface area contributed by atoms with Gasteiger partial charge in [0.25, 0.3) is 0 Å². The van der Waals surface area contributed by atoms with E-state index in [9.17, 15) is 10.1 Å². The zero-order valence-corrected chi connectivity index (χ0v) is 12.9. The fraction of sp³-hybridized carbons (Fsp3) is 0.857. The molecule has 1 heterocycles. The zero-order valence-electron chi connectivity index (χ0n) is 12.9. The predicted molar refractivity (Wildman–Crippen MR) is 75.3 cm³/mol. The van der Waals surface area contributed by atoms with E-state index in [4.69, 9.17) is 9.47 Å². The van der Waals surface area contributed by atoms with Crippen molar-refractivity contribution >= 4 is 6.09 Å². The topological polar surface area (TPSA) is 74.6 Å². The highest BCUT2D eigenvalue weighted by atomic mass is 16.6. The van der Waals surface area contributed by atoms with Crippen LogP contribution >= 0.6 is 0 Å². The first kappa shape index (κ1) is 16.7. The molecule has 6 heteroatoms. The van der Waals surface area contributed by atoms with Crippen molar-refractivity contribution < 1.29 is 14.3 Å². The van der Waals surface area contributed by atoms with Gasteiger partial charge in [-0.2, -0.15) is 5.26 Å². The lowest BCUT2D eigenvalue weighted by molar-refractivity contribution is 0.0147. The van der Waals surface area contributed by atoms with Crippen LogP contribution in [0.1, 0.15) is 33.6 Å². The number of carbonyl (C=O) groups is 1. The van der Waals surface area contributed by atoms with E-state index in [-0.39, 0.29) is 6.09 Å². The molecule has 0 saturated carbocycles. The van der Waals surface area contributed by atoms with E-state index in [1.165, 1.54) is 0 Å². The Morgan fingerprint density at radius 2 is 2.20 bits per heavy atom. The maximum atomic E-state index is 12.1. The number of methoxy groups -OCH3 is 1. The van der Waals surface area contributed by atoms with Crippen LogP contribution in [-0.4, -0.2) is 55.5 Å². The normalized spacial score (nSPS) is 23.2. The van der Waals surface area contributed by atoms with Gasteiger partial charge in [0.1, 0.15) is 11.1 Å². The summed E-state index contributed by atoms with van der Waals surface area (Å²) in [5.41, 5.74) is -1.22. The summed E-state index contributed by atoms with van der Waals surface area (Å²) < 4.78 is 10.4. The van der Waals surface area contributed by atoms with Crippen LogP contribution in [0.5, 0.6) is 0 Å². The van der Waals surface area contributed by atoms with Gasteiger partial charge in [0.2, 0.25) is 0 Å². The molecule has 0 radical (unpaired) electrons. The van der Waals surface area contributed by atoms with E-state index in [1.54, 1.807) is 12.0 Å². The molecule has 1 N–H and O–H groups in total. The second-order valence-corrected chi connectivity index (χ2v) is 6.12. The average molecular weight is 283 g/mol. The molecule has 1 rings (SSSR count). The van der Waals surface area contributed by atoms with Crippen LogP contribution in [0.3, 0.4) is 0 Å². The molecule has 0 aromatic heterocycles. The van der Waals surface area contributed by atoms with E-state index >= 15 is 0 Å². The SMILES string of the molecule is COCCNC1(C#N)CCCN(C(=O)OC(C)(C)C)C1. The van der Waals surface area contributed by atoms with Crippen molar-refractivity contribution in [3.8, 4) is 6.07 Å². The molecular weight excluding hydrogens is 258 g/mol. The quantitative estimate of drug-likeness (QED) is 0.792. The fourth-order valence-electron chi connectivity index (χ4n) is 2.21. The maximum absolute atomic E-state index is 12.1. The Labute approximate surface area is 121 Å². The lowest BCUT2D eigenvalue weighted by Gasteiger charge is -2.39. The van der Waals surface area contributed by atoms with Crippen molar-refractivity contribution in [1.29, 1.82) is 5.26 Å². The molecule has 1 aliphatic rings. The number of rotatable bonds is 4. The van der Waals surface area contributed by atoms with Crippen molar-refractivity contribution in [1.82, 2.24) is 10.2 Å². The molecule has 1 unspecified atom stereocenters. The molecular formula is C14H25N3O3. The van der Waals surface area contributed by atoms with Crippen LogP contribution < -0.4 is 5.32 Å². The monoisotopic (exact) mass is 283 g/mol. The highest BCUT2D eigenvalue weighted by Crippen LogP contribution is 2.22. The van der Waals surface area contributed by atoms with Crippen molar-refractivity contribution in [3.05, 3.63) is 0 Å². The average Bonchev–Trinajstić information content (AvgIpc) is 2.37. The number of likely N-dealkylation sites (tertiary alicyclic amines) is 1. The smallest absolute Gasteiger partial charge is 0.410 e. The summed E-state index contributed by atoms with van der Waals surface area (Å²) in [6, 6.07) is 2.31. The first-order chi connectivity index (χ1) is 9.32. The Hall–Kier alpha value is -1.32. The molecule has 20 heavy (non-hydrogen) atoms. The van der Waals surface area contributed by atoms with Gasteiger partial charge in [-0.05, 0) is 33.6 Å². The summed E-state index contributed by atoms with van der Waals surface area (Å²) in [4.78, 5) is 13.7. The Morgan fingerprint density at radius 3 is 2.75 bits per heavy atom. The molecule has 0 aromatic rings. The second-order valence-electron chi connectivity index (χ2n) is 6.12. The number of carbonyl (C=O) groups excluding carboxylic acids is 1. The Balaban J connectivity index is 2.64. The third-order valence-corrected chi connectivity index (χ3v) is 3.13. The number of hydrogen-bond donors (Lipinski definition) is 1. The number of ether oxygens (including phenoxy) is 2. The third-order valence-electron chi connectivity index (χ3n) is 3.13. The summed E-state index contributed by atoms with van der Waals surface area (Å²) in [5.74, 6) is 0. The Morgan fingerprint density at radius 1 is 1.50 bits per heavy atom. The molecule has 0 bridgehead atoms. The molecule has 0 spiro atoms. The van der Waals surface area contributed by atoms with Crippen molar-refractivity contribution in [2.24, 2.45) is 0 Å². The van der Waals surface area contributed by atoms with Crippen LogP contribution in [0, 0.1) is 11.3 Å². The second kappa shape index (κ2) is 6.91. The maximum Gasteiger partial charge on any atom is 0.410 e. The van der Waals surface area contributed by atoms with Gasteiger partial charge in [-0.15, -0.1) is 0 Å². The van der Waals surface area contributed by atoms with E-state index in [0.717, 1.165) is 12.8 Å². The van der Waals surface area contributed by atoms with Gasteiger partial charge in [0.15, 0.2) is 0 Å². The Kier molecular flexibility index (Phi) is 5.78. The van der Waals surface area contributed by atoms with Gasteiger partial charge in [0, 0.05) is 20.2 Å². The standard InChI is InChI=1S/C14H25N3O3/c1-13(2,3)20-12(18)17-8-5-6-14(10-15,11-17)16-7-9-19-4/h16H,5-9,11H2,1-4H3. The highest BCUT2D eigenvalue weighted by molar-refractivity contribution is 5.68. The van der Waals surface area contributed by atoms with Crippen molar-refractivity contribution in [3.63, 3.8) is 0 Å². The lowest BCUT2D eigenvalue weighted by atomic mass is 9.90. The van der Waals surface area contributed by atoms with Gasteiger partial charge >= 0.3 is 6.09 Å². The molecule has 1 amide bonds. The number of piperidine rings is 1. The van der Waals surface area contributed by atoms with Crippen molar-refractivity contribution in [2.75, 3.05) is 33.4 Å². The summed E-state index contributed by atoms with van der Waals surface area (Å²) in [7, 11) is 1.62. The van der Waals surface area contributed by atoms with Gasteiger partial charge in [0.05, 0.1) is 19.2 Å². The number of amides is 1. The fourth-order valence-corrected chi connectivity index (χ4v) is 2.21. The molecule has 6 nitrogen and oxygen atoms in total. The molecule has 1 saturated heterocycles. The molecule has 114 valence electrons. The summed E-state index contributed by atoms with van der Waals surface area (Å²) >= 11 is 0. The third kappa shape index (κ3) is 4.99. The molecule has 0 aliphatic carbocycles. The molecule has 0 aromatic carbocycles. The van der Waals surface area contributed by atoms with Crippen LogP contribution in [0.2, 0.25) is 0 Å². The van der Waals surface area contributed by atoms with E-state index in [0.29, 0.717) is 26.2 Å². The summed E-state index contributed by atoms with van der Waals surface area (Å²) in [6.07, 6.45) is 1.16. The Bertz CT molecular complexity index is 373. The van der Waals surface area contributed by atoms with Crippen LogP contribution in [0.4, 0.5) is 4.79 Å². The first-order valence-electron chi connectivity index (χ1n) is 6.95. The van der Waals surface area contributed by atoms with Gasteiger partial charge in [-0.25, -0.2) is 4.79 Å². The van der Waals surface area contributed by atoms with Crippen LogP contribution in [0.15, 0.2) is 0 Å². The van der Waals surface area contributed by atoms with E-state index in [2.05, 4.69) is 11.4 Å². The minimum atomic E-state index is -0.701. The number of nitriles is 1. The van der Waals surface area contributed by atoms with E-state index in [1.807, 2.05) is 20.8 Å². The van der Waals surface area contributed by atoms with Gasteiger partial charge in [-0.1, -0.05) is 0 Å². The minimum Gasteiger partial charge on any atom is -0.444 e. The molecule has 1 aliphatic heterocycles. The summed E-state index contributed by atoms with van der Waals surface area (Å²) in [6.45, 7) is 7.62. The minimum absolute atomic E-state index is 0.349. The highest BCUT2D eigenvalue weighted by Gasteiger charge is 2.38. The van der Waals surface area contributed by atoms with Crippen LogP contribution in [0.25, 0.3) is 0 Å². The molecule has 1 fully saturated rings. The number of nitrogens with zero attached hydrogens (tertiary/aromatic N) is 2. The number of nitrogens with one attached hydrogen (secondary N) is 1. The largest absolute Gasteiger partial charge is 0.444 e.